The van der Waals surface area contributed by atoms with Crippen LogP contribution >= 0.6 is 0 Å². The van der Waals surface area contributed by atoms with Crippen LogP contribution in [-0.2, 0) is 0 Å². The van der Waals surface area contributed by atoms with Gasteiger partial charge < -0.3 is 15.2 Å². The summed E-state index contributed by atoms with van der Waals surface area (Å²) < 4.78 is 13.8. The first-order valence-electron chi connectivity index (χ1n) is 11.3. The lowest BCUT2D eigenvalue weighted by molar-refractivity contribution is 0.0994. The van der Waals surface area contributed by atoms with Crippen molar-refractivity contribution in [1.82, 2.24) is 19.7 Å². The molecule has 4 aromatic rings. The lowest BCUT2D eigenvalue weighted by Gasteiger charge is -2.18. The van der Waals surface area contributed by atoms with E-state index in [2.05, 4.69) is 10.2 Å². The number of aromatic nitrogens is 4. The Kier molecular flexibility index (Phi) is 5.95. The van der Waals surface area contributed by atoms with E-state index in [4.69, 9.17) is 20.2 Å². The van der Waals surface area contributed by atoms with E-state index in [9.17, 15) is 4.79 Å². The molecular weight excluding hydrogens is 430 g/mol. The van der Waals surface area contributed by atoms with Crippen molar-refractivity contribution in [2.75, 3.05) is 7.11 Å². The summed E-state index contributed by atoms with van der Waals surface area (Å²) in [4.78, 5) is 16.2. The first-order chi connectivity index (χ1) is 16.6. The minimum atomic E-state index is -0.623. The van der Waals surface area contributed by atoms with Crippen molar-refractivity contribution in [2.24, 2.45) is 5.73 Å². The van der Waals surface area contributed by atoms with Crippen LogP contribution in [0.25, 0.3) is 29.0 Å². The second kappa shape index (κ2) is 9.35. The quantitative estimate of drug-likeness (QED) is 0.442. The molecule has 1 amide bonds. The molecule has 172 valence electrons. The summed E-state index contributed by atoms with van der Waals surface area (Å²) in [6, 6.07) is 16.9. The molecular formula is C26H25N5O3. The van der Waals surface area contributed by atoms with Gasteiger partial charge in [-0.3, -0.25) is 9.36 Å². The fraction of sp³-hybridized carbons (Fsp3) is 0.231. The number of carbonyl (C=O) groups is 1. The van der Waals surface area contributed by atoms with Gasteiger partial charge in [-0.1, -0.05) is 24.3 Å². The molecule has 0 saturated heterocycles. The van der Waals surface area contributed by atoms with Crippen molar-refractivity contribution >= 4 is 29.1 Å². The molecule has 2 aromatic carbocycles. The van der Waals surface area contributed by atoms with Crippen LogP contribution in [0.15, 0.2) is 54.6 Å². The minimum Gasteiger partial charge on any atom is -0.493 e. The van der Waals surface area contributed by atoms with Crippen molar-refractivity contribution in [1.29, 1.82) is 0 Å². The summed E-state index contributed by atoms with van der Waals surface area (Å²) in [5, 5.41) is 8.18. The van der Waals surface area contributed by atoms with Gasteiger partial charge in [0.2, 0.25) is 0 Å². The van der Waals surface area contributed by atoms with Gasteiger partial charge >= 0.3 is 0 Å². The molecule has 0 atom stereocenters. The topological polar surface area (TPSA) is 105 Å². The number of methoxy groups -OCH3 is 1. The third-order valence-electron chi connectivity index (χ3n) is 5.95. The van der Waals surface area contributed by atoms with E-state index in [-0.39, 0.29) is 11.8 Å². The second-order valence-corrected chi connectivity index (χ2v) is 8.17. The monoisotopic (exact) mass is 455 g/mol. The molecule has 1 fully saturated rings. The first kappa shape index (κ1) is 21.6. The largest absolute Gasteiger partial charge is 0.493 e. The number of amides is 1. The molecule has 1 saturated carbocycles. The fourth-order valence-electron chi connectivity index (χ4n) is 4.26. The highest BCUT2D eigenvalue weighted by molar-refractivity contribution is 5.90. The summed E-state index contributed by atoms with van der Waals surface area (Å²) in [6.45, 7) is 0. The number of nitrogens with two attached hydrogens (primary N) is 1. The predicted octanol–water partition coefficient (Wildman–Crippen LogP) is 4.41. The molecule has 1 aliphatic carbocycles. The summed E-state index contributed by atoms with van der Waals surface area (Å²) in [5.74, 6) is 2.02. The van der Waals surface area contributed by atoms with E-state index in [0.29, 0.717) is 17.4 Å². The molecule has 2 heterocycles. The molecule has 2 aromatic heterocycles. The van der Waals surface area contributed by atoms with Crippen LogP contribution < -0.4 is 15.2 Å². The molecule has 0 spiro atoms. The normalized spacial score (nSPS) is 14.1. The van der Waals surface area contributed by atoms with Crippen LogP contribution in [0.2, 0.25) is 0 Å². The van der Waals surface area contributed by atoms with Gasteiger partial charge in [-0.25, -0.2) is 4.98 Å². The number of fused-ring (bicyclic) bond motifs is 1. The van der Waals surface area contributed by atoms with Crippen molar-refractivity contribution in [3.63, 3.8) is 0 Å². The number of rotatable bonds is 7. The maximum atomic E-state index is 11.4. The maximum Gasteiger partial charge on any atom is 0.269 e. The van der Waals surface area contributed by atoms with E-state index in [1.54, 1.807) is 19.2 Å². The summed E-state index contributed by atoms with van der Waals surface area (Å²) in [5.41, 5.74) is 8.01. The standard InChI is InChI=1S/C26H25N5O3/c1-33-22-12-6-7-17(25(22)34-18-8-2-3-9-18)13-15-23-28-19-10-4-5-11-21(19)31(23)24-16-14-20(26(27)32)29-30-24/h4-7,10-16,18H,2-3,8-9H2,1H3,(H2,27,32). The Balaban J connectivity index is 1.56. The molecule has 0 unspecified atom stereocenters. The third-order valence-corrected chi connectivity index (χ3v) is 5.95. The van der Waals surface area contributed by atoms with E-state index in [0.717, 1.165) is 35.2 Å². The number of para-hydroxylation sites is 3. The fourth-order valence-corrected chi connectivity index (χ4v) is 4.26. The Morgan fingerprint density at radius 3 is 2.59 bits per heavy atom. The van der Waals surface area contributed by atoms with Crippen molar-refractivity contribution in [3.05, 3.63) is 71.7 Å². The van der Waals surface area contributed by atoms with Gasteiger partial charge in [0.05, 0.1) is 24.2 Å². The second-order valence-electron chi connectivity index (χ2n) is 8.17. The van der Waals surface area contributed by atoms with E-state index >= 15 is 0 Å². The minimum absolute atomic E-state index is 0.107. The Hall–Kier alpha value is -4.20. The Morgan fingerprint density at radius 1 is 1.03 bits per heavy atom. The van der Waals surface area contributed by atoms with Crippen LogP contribution in [0.1, 0.15) is 47.6 Å². The molecule has 5 rings (SSSR count). The smallest absolute Gasteiger partial charge is 0.269 e. The van der Waals surface area contributed by atoms with Crippen LogP contribution in [0.3, 0.4) is 0 Å². The van der Waals surface area contributed by atoms with Crippen LogP contribution in [0.5, 0.6) is 11.5 Å². The lowest BCUT2D eigenvalue weighted by Crippen LogP contribution is -2.14. The van der Waals surface area contributed by atoms with Crippen LogP contribution in [-0.4, -0.2) is 38.9 Å². The number of hydrogen-bond acceptors (Lipinski definition) is 6. The third kappa shape index (κ3) is 4.22. The zero-order chi connectivity index (χ0) is 23.5. The van der Waals surface area contributed by atoms with Gasteiger partial charge in [-0.2, -0.15) is 0 Å². The predicted molar refractivity (Wildman–Crippen MR) is 130 cm³/mol. The van der Waals surface area contributed by atoms with Gasteiger partial charge in [0.25, 0.3) is 5.91 Å². The number of nitrogens with zero attached hydrogens (tertiary/aromatic N) is 4. The molecule has 0 bridgehead atoms. The summed E-state index contributed by atoms with van der Waals surface area (Å²) in [6.07, 6.45) is 8.56. The molecule has 0 aliphatic heterocycles. The van der Waals surface area contributed by atoms with Crippen molar-refractivity contribution in [3.8, 4) is 17.3 Å². The highest BCUT2D eigenvalue weighted by atomic mass is 16.5. The first-order valence-corrected chi connectivity index (χ1v) is 11.3. The van der Waals surface area contributed by atoms with Crippen molar-refractivity contribution < 1.29 is 14.3 Å². The highest BCUT2D eigenvalue weighted by Gasteiger charge is 2.20. The van der Waals surface area contributed by atoms with Crippen LogP contribution in [0, 0.1) is 0 Å². The number of primary amides is 1. The number of ether oxygens (including phenoxy) is 2. The number of hydrogen-bond donors (Lipinski definition) is 1. The van der Waals surface area contributed by atoms with Gasteiger partial charge in [0.15, 0.2) is 23.0 Å². The average molecular weight is 456 g/mol. The van der Waals surface area contributed by atoms with Crippen LogP contribution in [0.4, 0.5) is 0 Å². The zero-order valence-electron chi connectivity index (χ0n) is 18.8. The SMILES string of the molecule is COc1cccc(C=Cc2nc3ccccc3n2-c2ccc(C(N)=O)nn2)c1OC1CCCC1. The van der Waals surface area contributed by atoms with Crippen molar-refractivity contribution in [2.45, 2.75) is 31.8 Å². The molecule has 2 N–H and O–H groups in total. The number of carbonyl (C=O) groups excluding carboxylic acids is 1. The highest BCUT2D eigenvalue weighted by Crippen LogP contribution is 2.36. The van der Waals surface area contributed by atoms with E-state index in [1.807, 2.05) is 59.2 Å². The molecule has 1 aliphatic rings. The maximum absolute atomic E-state index is 11.4. The van der Waals surface area contributed by atoms with Gasteiger partial charge in [0.1, 0.15) is 5.82 Å². The molecule has 0 radical (unpaired) electrons. The summed E-state index contributed by atoms with van der Waals surface area (Å²) in [7, 11) is 1.65. The average Bonchev–Trinajstić information content (AvgIpc) is 3.51. The zero-order valence-corrected chi connectivity index (χ0v) is 18.8. The summed E-state index contributed by atoms with van der Waals surface area (Å²) >= 11 is 0. The van der Waals surface area contributed by atoms with Gasteiger partial charge in [-0.05, 0) is 68.2 Å². The van der Waals surface area contributed by atoms with E-state index < -0.39 is 5.91 Å². The molecule has 8 heteroatoms. The lowest BCUT2D eigenvalue weighted by atomic mass is 10.1. The van der Waals surface area contributed by atoms with Gasteiger partial charge in [-0.15, -0.1) is 10.2 Å². The Morgan fingerprint density at radius 2 is 1.85 bits per heavy atom. The number of imidazole rings is 1. The van der Waals surface area contributed by atoms with E-state index in [1.165, 1.54) is 12.8 Å². The van der Waals surface area contributed by atoms with Gasteiger partial charge in [0, 0.05) is 5.56 Å². The number of benzene rings is 2. The Bertz CT molecular complexity index is 1350. The molecule has 8 nitrogen and oxygen atoms in total. The molecule has 34 heavy (non-hydrogen) atoms. The Labute approximate surface area is 197 Å².